The summed E-state index contributed by atoms with van der Waals surface area (Å²) in [5.41, 5.74) is 5.06. The van der Waals surface area contributed by atoms with Crippen molar-refractivity contribution in [3.63, 3.8) is 0 Å². The molecule has 0 spiro atoms. The molecule has 0 saturated heterocycles. The van der Waals surface area contributed by atoms with Gasteiger partial charge in [-0.25, -0.2) is 4.98 Å². The summed E-state index contributed by atoms with van der Waals surface area (Å²) in [5.74, 6) is -0.469. The zero-order chi connectivity index (χ0) is 16.1. The van der Waals surface area contributed by atoms with Crippen LogP contribution in [0.5, 0.6) is 0 Å². The molecule has 6 nitrogen and oxygen atoms in total. The maximum absolute atomic E-state index is 12.0. The lowest BCUT2D eigenvalue weighted by atomic mass is 10.3. The van der Waals surface area contributed by atoms with Crippen molar-refractivity contribution in [2.75, 3.05) is 24.5 Å². The third kappa shape index (κ3) is 3.95. The fraction of sp³-hybridized carbons (Fsp3) is 0.500. The van der Waals surface area contributed by atoms with E-state index in [2.05, 4.69) is 29.0 Å². The first-order chi connectivity index (χ1) is 10.5. The predicted molar refractivity (Wildman–Crippen MR) is 91.8 cm³/mol. The van der Waals surface area contributed by atoms with Crippen molar-refractivity contribution in [2.45, 2.75) is 26.7 Å². The fourth-order valence-electron chi connectivity index (χ4n) is 2.02. The molecule has 0 aliphatic rings. The molecule has 0 atom stereocenters. The Balaban J connectivity index is 1.99. The monoisotopic (exact) mass is 340 g/mol. The van der Waals surface area contributed by atoms with Gasteiger partial charge >= 0.3 is 0 Å². The van der Waals surface area contributed by atoms with Crippen molar-refractivity contribution >= 4 is 49.1 Å². The maximum atomic E-state index is 12.0. The standard InChI is InChI=1S/C14H20N4O2S2/c1-3-18(4-2)14-17-13-10(22-14)8-9(21-13)12(20)16-7-5-6-11(15)19/h8H,3-7H2,1-2H3,(H2,15,19)(H,16,20). The minimum atomic E-state index is -0.348. The average molecular weight is 340 g/mol. The van der Waals surface area contributed by atoms with Crippen LogP contribution in [0, 0.1) is 0 Å². The van der Waals surface area contributed by atoms with Gasteiger partial charge in [0.15, 0.2) is 5.13 Å². The summed E-state index contributed by atoms with van der Waals surface area (Å²) in [6.45, 7) is 6.49. The smallest absolute Gasteiger partial charge is 0.261 e. The van der Waals surface area contributed by atoms with Crippen LogP contribution in [0.25, 0.3) is 9.53 Å². The van der Waals surface area contributed by atoms with Gasteiger partial charge in [0.2, 0.25) is 5.91 Å². The zero-order valence-corrected chi connectivity index (χ0v) is 14.4. The Labute approximate surface area is 137 Å². The number of primary amides is 1. The number of anilines is 1. The van der Waals surface area contributed by atoms with E-state index in [9.17, 15) is 9.59 Å². The largest absolute Gasteiger partial charge is 0.370 e. The van der Waals surface area contributed by atoms with Crippen LogP contribution in [0.4, 0.5) is 5.13 Å². The SMILES string of the molecule is CCN(CC)c1nc2sc(C(=O)NCCCC(N)=O)cc2s1. The van der Waals surface area contributed by atoms with Gasteiger partial charge in [-0.3, -0.25) is 9.59 Å². The predicted octanol–water partition coefficient (Wildman–Crippen LogP) is 2.20. The first kappa shape index (κ1) is 16.7. The second kappa shape index (κ2) is 7.55. The number of hydrogen-bond donors (Lipinski definition) is 2. The molecule has 0 saturated carbocycles. The van der Waals surface area contributed by atoms with Crippen LogP contribution in [-0.4, -0.2) is 36.4 Å². The Hall–Kier alpha value is -1.67. The maximum Gasteiger partial charge on any atom is 0.261 e. The van der Waals surface area contributed by atoms with E-state index in [0.717, 1.165) is 27.8 Å². The second-order valence-electron chi connectivity index (χ2n) is 4.77. The molecular formula is C14H20N4O2S2. The lowest BCUT2D eigenvalue weighted by molar-refractivity contribution is -0.118. The molecule has 2 heterocycles. The Morgan fingerprint density at radius 2 is 2.05 bits per heavy atom. The summed E-state index contributed by atoms with van der Waals surface area (Å²) in [4.78, 5) is 31.0. The number of nitrogens with one attached hydrogen (secondary N) is 1. The van der Waals surface area contributed by atoms with Crippen LogP contribution in [0.3, 0.4) is 0 Å². The Morgan fingerprint density at radius 3 is 2.64 bits per heavy atom. The van der Waals surface area contributed by atoms with Gasteiger partial charge in [0.05, 0.1) is 9.58 Å². The topological polar surface area (TPSA) is 88.3 Å². The summed E-state index contributed by atoms with van der Waals surface area (Å²) in [6.07, 6.45) is 0.847. The highest BCUT2D eigenvalue weighted by Crippen LogP contribution is 2.34. The van der Waals surface area contributed by atoms with Crippen molar-refractivity contribution < 1.29 is 9.59 Å². The first-order valence-electron chi connectivity index (χ1n) is 7.27. The molecule has 3 N–H and O–H groups in total. The lowest BCUT2D eigenvalue weighted by Crippen LogP contribution is -2.24. The van der Waals surface area contributed by atoms with Crippen LogP contribution in [-0.2, 0) is 4.79 Å². The molecule has 0 aromatic carbocycles. The number of nitrogens with two attached hydrogens (primary N) is 1. The molecule has 8 heteroatoms. The van der Waals surface area contributed by atoms with Crippen LogP contribution in [0.1, 0.15) is 36.4 Å². The third-order valence-corrected chi connectivity index (χ3v) is 5.44. The second-order valence-corrected chi connectivity index (χ2v) is 6.81. The summed E-state index contributed by atoms with van der Waals surface area (Å²) >= 11 is 3.01. The highest BCUT2D eigenvalue weighted by Gasteiger charge is 2.15. The zero-order valence-electron chi connectivity index (χ0n) is 12.7. The molecule has 0 fully saturated rings. The molecule has 2 rings (SSSR count). The van der Waals surface area contributed by atoms with Gasteiger partial charge in [-0.1, -0.05) is 11.3 Å². The number of carbonyl (C=O) groups excluding carboxylic acids is 2. The minimum absolute atomic E-state index is 0.121. The number of carbonyl (C=O) groups is 2. The Morgan fingerprint density at radius 1 is 1.32 bits per heavy atom. The van der Waals surface area contributed by atoms with E-state index in [1.807, 2.05) is 6.07 Å². The quantitative estimate of drug-likeness (QED) is 0.721. The van der Waals surface area contributed by atoms with Gasteiger partial charge < -0.3 is 16.0 Å². The summed E-state index contributed by atoms with van der Waals surface area (Å²) in [5, 5.41) is 3.79. The van der Waals surface area contributed by atoms with E-state index in [1.165, 1.54) is 11.3 Å². The fourth-order valence-corrected chi connectivity index (χ4v) is 4.27. The molecule has 2 aromatic rings. The number of nitrogens with zero attached hydrogens (tertiary/aromatic N) is 2. The molecule has 2 aromatic heterocycles. The van der Waals surface area contributed by atoms with Crippen LogP contribution in [0.2, 0.25) is 0 Å². The highest BCUT2D eigenvalue weighted by molar-refractivity contribution is 7.29. The van der Waals surface area contributed by atoms with E-state index in [-0.39, 0.29) is 18.2 Å². The third-order valence-electron chi connectivity index (χ3n) is 3.22. The minimum Gasteiger partial charge on any atom is -0.370 e. The van der Waals surface area contributed by atoms with Gasteiger partial charge in [0, 0.05) is 26.1 Å². The number of hydrogen-bond acceptors (Lipinski definition) is 6. The molecule has 2 amide bonds. The molecule has 22 heavy (non-hydrogen) atoms. The van der Waals surface area contributed by atoms with Gasteiger partial charge in [0.25, 0.3) is 5.91 Å². The number of thiazole rings is 1. The van der Waals surface area contributed by atoms with Crippen molar-refractivity contribution in [1.82, 2.24) is 10.3 Å². The van der Waals surface area contributed by atoms with Crippen molar-refractivity contribution in [3.05, 3.63) is 10.9 Å². The van der Waals surface area contributed by atoms with Gasteiger partial charge in [-0.05, 0) is 26.3 Å². The van der Waals surface area contributed by atoms with Crippen LogP contribution in [0.15, 0.2) is 6.07 Å². The molecule has 0 radical (unpaired) electrons. The number of amides is 2. The highest BCUT2D eigenvalue weighted by atomic mass is 32.1. The van der Waals surface area contributed by atoms with E-state index in [0.29, 0.717) is 17.8 Å². The number of aromatic nitrogens is 1. The van der Waals surface area contributed by atoms with Crippen LogP contribution < -0.4 is 16.0 Å². The van der Waals surface area contributed by atoms with Crippen molar-refractivity contribution in [1.29, 1.82) is 0 Å². The lowest BCUT2D eigenvalue weighted by Gasteiger charge is -2.16. The molecule has 0 aliphatic carbocycles. The number of rotatable bonds is 8. The molecule has 0 bridgehead atoms. The normalized spacial score (nSPS) is 10.8. The van der Waals surface area contributed by atoms with E-state index in [1.54, 1.807) is 11.3 Å². The number of fused-ring (bicyclic) bond motifs is 1. The molecule has 0 unspecified atom stereocenters. The van der Waals surface area contributed by atoms with Gasteiger partial charge in [-0.2, -0.15) is 0 Å². The van der Waals surface area contributed by atoms with Gasteiger partial charge in [0.1, 0.15) is 4.83 Å². The van der Waals surface area contributed by atoms with E-state index in [4.69, 9.17) is 5.73 Å². The Bertz CT molecular complexity index is 629. The van der Waals surface area contributed by atoms with Crippen molar-refractivity contribution in [3.8, 4) is 0 Å². The summed E-state index contributed by atoms with van der Waals surface area (Å²) < 4.78 is 1.04. The van der Waals surface area contributed by atoms with E-state index < -0.39 is 0 Å². The molecule has 120 valence electrons. The molecular weight excluding hydrogens is 320 g/mol. The summed E-state index contributed by atoms with van der Waals surface area (Å²) in [6, 6.07) is 1.88. The summed E-state index contributed by atoms with van der Waals surface area (Å²) in [7, 11) is 0. The molecule has 0 aliphatic heterocycles. The van der Waals surface area contributed by atoms with E-state index >= 15 is 0 Å². The first-order valence-corrected chi connectivity index (χ1v) is 8.90. The van der Waals surface area contributed by atoms with Crippen LogP contribution >= 0.6 is 22.7 Å². The van der Waals surface area contributed by atoms with Gasteiger partial charge in [-0.15, -0.1) is 11.3 Å². The number of thiophene rings is 1. The Kier molecular flexibility index (Phi) is 5.73. The van der Waals surface area contributed by atoms with Crippen molar-refractivity contribution in [2.24, 2.45) is 5.73 Å². The average Bonchev–Trinajstić information content (AvgIpc) is 3.03.